The molecule has 0 amide bonds. The molecule has 2 N–H and O–H groups in total. The van der Waals surface area contributed by atoms with E-state index in [-0.39, 0.29) is 6.04 Å². The van der Waals surface area contributed by atoms with Crippen molar-refractivity contribution in [2.45, 2.75) is 59.0 Å². The molecule has 0 bridgehead atoms. The zero-order valence-corrected chi connectivity index (χ0v) is 12.5. The molecule has 0 aliphatic heterocycles. The molecule has 3 nitrogen and oxygen atoms in total. The van der Waals surface area contributed by atoms with E-state index in [9.17, 15) is 0 Å². The van der Waals surface area contributed by atoms with Crippen LogP contribution in [0.1, 0.15) is 63.9 Å². The van der Waals surface area contributed by atoms with Crippen molar-refractivity contribution in [1.29, 1.82) is 0 Å². The van der Waals surface area contributed by atoms with E-state index in [0.29, 0.717) is 5.92 Å². The first kappa shape index (κ1) is 14.1. The number of nitrogens with two attached hydrogens (primary N) is 1. The van der Waals surface area contributed by atoms with Crippen LogP contribution in [-0.2, 0) is 6.54 Å². The van der Waals surface area contributed by atoms with Gasteiger partial charge in [0.25, 0.3) is 0 Å². The summed E-state index contributed by atoms with van der Waals surface area (Å²) >= 11 is 0. The Labute approximate surface area is 115 Å². The second-order valence-corrected chi connectivity index (χ2v) is 5.67. The maximum absolute atomic E-state index is 6.06. The lowest BCUT2D eigenvalue weighted by molar-refractivity contribution is 0.588. The summed E-state index contributed by atoms with van der Waals surface area (Å²) in [5.41, 5.74) is 9.69. The molecular weight excluding hydrogens is 234 g/mol. The number of fused-ring (bicyclic) bond motifs is 1. The highest BCUT2D eigenvalue weighted by Crippen LogP contribution is 2.24. The van der Waals surface area contributed by atoms with Crippen molar-refractivity contribution in [3.8, 4) is 0 Å². The smallest absolute Gasteiger partial charge is 0.126 e. The normalized spacial score (nSPS) is 13.4. The number of unbranched alkanes of at least 4 members (excludes halogenated alkanes) is 1. The molecule has 0 fully saturated rings. The molecule has 2 aromatic rings. The summed E-state index contributed by atoms with van der Waals surface area (Å²) in [4.78, 5) is 4.75. The first-order valence-corrected chi connectivity index (χ1v) is 7.30. The van der Waals surface area contributed by atoms with Crippen LogP contribution in [0.2, 0.25) is 0 Å². The number of benzene rings is 1. The maximum atomic E-state index is 6.06. The Morgan fingerprint density at radius 2 is 2.00 bits per heavy atom. The van der Waals surface area contributed by atoms with Crippen molar-refractivity contribution in [1.82, 2.24) is 9.55 Å². The fraction of sp³-hybridized carbons (Fsp3) is 0.562. The van der Waals surface area contributed by atoms with Crippen LogP contribution in [0.4, 0.5) is 0 Å². The Balaban J connectivity index is 2.53. The van der Waals surface area contributed by atoms with Crippen LogP contribution in [-0.4, -0.2) is 9.55 Å². The van der Waals surface area contributed by atoms with Crippen molar-refractivity contribution in [2.24, 2.45) is 5.73 Å². The number of aromatic nitrogens is 2. The zero-order chi connectivity index (χ0) is 14.0. The van der Waals surface area contributed by atoms with E-state index < -0.39 is 0 Å². The van der Waals surface area contributed by atoms with Gasteiger partial charge in [-0.1, -0.05) is 33.3 Å². The van der Waals surface area contributed by atoms with E-state index in [1.807, 2.05) is 6.92 Å². The molecule has 1 aromatic carbocycles. The largest absolute Gasteiger partial charge is 0.327 e. The second kappa shape index (κ2) is 5.74. The van der Waals surface area contributed by atoms with Crippen molar-refractivity contribution in [3.05, 3.63) is 29.6 Å². The highest BCUT2D eigenvalue weighted by atomic mass is 15.1. The van der Waals surface area contributed by atoms with Crippen molar-refractivity contribution in [2.75, 3.05) is 0 Å². The third-order valence-corrected chi connectivity index (χ3v) is 3.61. The lowest BCUT2D eigenvalue weighted by Crippen LogP contribution is -2.13. The molecule has 19 heavy (non-hydrogen) atoms. The Hall–Kier alpha value is -1.35. The van der Waals surface area contributed by atoms with Crippen LogP contribution in [0, 0.1) is 0 Å². The summed E-state index contributed by atoms with van der Waals surface area (Å²) in [5.74, 6) is 1.54. The van der Waals surface area contributed by atoms with Gasteiger partial charge in [0.2, 0.25) is 0 Å². The Kier molecular flexibility index (Phi) is 4.25. The number of imidazole rings is 1. The van der Waals surface area contributed by atoms with Crippen LogP contribution in [0.15, 0.2) is 18.2 Å². The van der Waals surface area contributed by atoms with Gasteiger partial charge in [-0.25, -0.2) is 4.98 Å². The summed E-state index contributed by atoms with van der Waals surface area (Å²) in [6.07, 6.45) is 2.35. The molecule has 0 aliphatic rings. The molecule has 0 saturated carbocycles. The Morgan fingerprint density at radius 1 is 1.26 bits per heavy atom. The lowest BCUT2D eigenvalue weighted by Gasteiger charge is -2.11. The molecule has 1 atom stereocenters. The van der Waals surface area contributed by atoms with E-state index in [1.165, 1.54) is 17.5 Å². The number of hydrogen-bond acceptors (Lipinski definition) is 2. The average Bonchev–Trinajstić information content (AvgIpc) is 2.74. The minimum absolute atomic E-state index is 0.0215. The molecule has 1 aromatic heterocycles. The predicted octanol–water partition coefficient (Wildman–Crippen LogP) is 3.98. The number of hydrogen-bond donors (Lipinski definition) is 1. The minimum Gasteiger partial charge on any atom is -0.327 e. The van der Waals surface area contributed by atoms with E-state index in [2.05, 4.69) is 43.5 Å². The molecule has 104 valence electrons. The lowest BCUT2D eigenvalue weighted by atomic mass is 10.0. The zero-order valence-electron chi connectivity index (χ0n) is 12.5. The molecule has 0 radical (unpaired) electrons. The van der Waals surface area contributed by atoms with Gasteiger partial charge in [-0.15, -0.1) is 0 Å². The maximum Gasteiger partial charge on any atom is 0.126 e. The minimum atomic E-state index is -0.0215. The van der Waals surface area contributed by atoms with Crippen molar-refractivity contribution < 1.29 is 0 Å². The summed E-state index contributed by atoms with van der Waals surface area (Å²) < 4.78 is 2.29. The second-order valence-electron chi connectivity index (χ2n) is 5.67. The fourth-order valence-electron chi connectivity index (χ4n) is 2.42. The van der Waals surface area contributed by atoms with Crippen molar-refractivity contribution >= 4 is 11.0 Å². The Morgan fingerprint density at radius 3 is 2.58 bits per heavy atom. The van der Waals surface area contributed by atoms with Gasteiger partial charge in [0.05, 0.1) is 17.1 Å². The summed E-state index contributed by atoms with van der Waals surface area (Å²) in [5, 5.41) is 0. The highest BCUT2D eigenvalue weighted by molar-refractivity contribution is 5.77. The van der Waals surface area contributed by atoms with Crippen LogP contribution in [0.3, 0.4) is 0 Å². The molecular formula is C16H25N3. The third kappa shape index (κ3) is 2.81. The van der Waals surface area contributed by atoms with Crippen molar-refractivity contribution in [3.63, 3.8) is 0 Å². The summed E-state index contributed by atoms with van der Waals surface area (Å²) in [7, 11) is 0. The molecule has 1 heterocycles. The predicted molar refractivity (Wildman–Crippen MR) is 81.3 cm³/mol. The van der Waals surface area contributed by atoms with Crippen LogP contribution >= 0.6 is 0 Å². The van der Waals surface area contributed by atoms with E-state index in [1.54, 1.807) is 0 Å². The third-order valence-electron chi connectivity index (χ3n) is 3.61. The van der Waals surface area contributed by atoms with Gasteiger partial charge in [0, 0.05) is 6.54 Å². The van der Waals surface area contributed by atoms with Crippen LogP contribution in [0.5, 0.6) is 0 Å². The summed E-state index contributed by atoms with van der Waals surface area (Å²) in [6, 6.07) is 6.59. The molecule has 3 heteroatoms. The van der Waals surface area contributed by atoms with Crippen LogP contribution < -0.4 is 5.73 Å². The quantitative estimate of drug-likeness (QED) is 0.882. The van der Waals surface area contributed by atoms with Crippen LogP contribution in [0.25, 0.3) is 11.0 Å². The average molecular weight is 259 g/mol. The standard InChI is InChI=1S/C16H25N3/c1-5-6-9-19-15-8-7-13(11(2)3)10-14(15)18-16(19)12(4)17/h7-8,10-12H,5-6,9,17H2,1-4H3. The van der Waals surface area contributed by atoms with Gasteiger partial charge in [-0.2, -0.15) is 0 Å². The van der Waals surface area contributed by atoms with Gasteiger partial charge in [0.1, 0.15) is 5.82 Å². The van der Waals surface area contributed by atoms with Gasteiger partial charge >= 0.3 is 0 Å². The number of rotatable bonds is 5. The van der Waals surface area contributed by atoms with Gasteiger partial charge < -0.3 is 10.3 Å². The first-order valence-electron chi connectivity index (χ1n) is 7.30. The molecule has 2 rings (SSSR count). The molecule has 0 saturated heterocycles. The monoisotopic (exact) mass is 259 g/mol. The molecule has 0 aliphatic carbocycles. The van der Waals surface area contributed by atoms with E-state index in [0.717, 1.165) is 24.3 Å². The SMILES string of the molecule is CCCCn1c(C(C)N)nc2cc(C(C)C)ccc21. The van der Waals surface area contributed by atoms with E-state index in [4.69, 9.17) is 10.7 Å². The van der Waals surface area contributed by atoms with Gasteiger partial charge in [-0.05, 0) is 37.0 Å². The molecule has 0 spiro atoms. The Bertz CT molecular complexity index is 552. The first-order chi connectivity index (χ1) is 9.04. The number of nitrogens with zero attached hydrogens (tertiary/aromatic N) is 2. The summed E-state index contributed by atoms with van der Waals surface area (Å²) in [6.45, 7) is 9.64. The molecule has 1 unspecified atom stereocenters. The fourth-order valence-corrected chi connectivity index (χ4v) is 2.42. The number of aryl methyl sites for hydroxylation is 1. The van der Waals surface area contributed by atoms with Gasteiger partial charge in [0.15, 0.2) is 0 Å². The van der Waals surface area contributed by atoms with E-state index >= 15 is 0 Å². The topological polar surface area (TPSA) is 43.8 Å². The van der Waals surface area contributed by atoms with Gasteiger partial charge in [-0.3, -0.25) is 0 Å². The highest BCUT2D eigenvalue weighted by Gasteiger charge is 2.14.